The van der Waals surface area contributed by atoms with Crippen LogP contribution in [-0.4, -0.2) is 47.6 Å². The maximum absolute atomic E-state index is 12.3. The molecular formula is C15H21N3O3. The normalized spacial score (nSPS) is 23.1. The topological polar surface area (TPSA) is 62.2 Å². The number of hydrogen-bond donors (Lipinski definition) is 0. The smallest absolute Gasteiger partial charge is 0.283 e. The Bertz CT molecular complexity index is 567. The summed E-state index contributed by atoms with van der Waals surface area (Å²) < 4.78 is 5.47. The number of hydrazone groups is 1. The first-order valence-corrected chi connectivity index (χ1v) is 6.92. The molecule has 0 bridgehead atoms. The van der Waals surface area contributed by atoms with Crippen LogP contribution in [0.1, 0.15) is 27.7 Å². The number of likely N-dealkylation sites (N-methyl/N-ethyl adjacent to an activating group) is 1. The van der Waals surface area contributed by atoms with Gasteiger partial charge in [0.1, 0.15) is 6.61 Å². The zero-order valence-electron chi connectivity index (χ0n) is 13.1. The van der Waals surface area contributed by atoms with E-state index in [1.54, 1.807) is 12.2 Å². The molecule has 1 saturated heterocycles. The van der Waals surface area contributed by atoms with Gasteiger partial charge in [-0.1, -0.05) is 20.8 Å². The molecule has 2 heterocycles. The van der Waals surface area contributed by atoms with Crippen molar-refractivity contribution in [1.29, 1.82) is 0 Å². The standard InChI is InChI=1S/C15H21N3O3/c1-10(19)18-14(20)11(13(16-18)15(2,3)4)6-7-12-17(5)8-9-21-12/h6-7H,8-9H2,1-5H3/b11-6+,12-7+. The summed E-state index contributed by atoms with van der Waals surface area (Å²) in [6.07, 6.45) is 3.44. The lowest BCUT2D eigenvalue weighted by molar-refractivity contribution is -0.139. The summed E-state index contributed by atoms with van der Waals surface area (Å²) in [5.41, 5.74) is 0.724. The molecule has 0 aliphatic carbocycles. The molecule has 0 N–H and O–H groups in total. The van der Waals surface area contributed by atoms with E-state index in [4.69, 9.17) is 4.74 Å². The third-order valence-corrected chi connectivity index (χ3v) is 3.33. The average molecular weight is 291 g/mol. The maximum atomic E-state index is 12.3. The molecule has 0 radical (unpaired) electrons. The van der Waals surface area contributed by atoms with Crippen molar-refractivity contribution in [3.05, 3.63) is 23.6 Å². The van der Waals surface area contributed by atoms with Gasteiger partial charge in [0.05, 0.1) is 17.8 Å². The minimum atomic E-state index is -0.384. The van der Waals surface area contributed by atoms with Crippen molar-refractivity contribution in [2.75, 3.05) is 20.2 Å². The van der Waals surface area contributed by atoms with Crippen molar-refractivity contribution in [2.45, 2.75) is 27.7 Å². The average Bonchev–Trinajstić information content (AvgIpc) is 2.90. The number of allylic oxidation sites excluding steroid dienone is 2. The fourth-order valence-corrected chi connectivity index (χ4v) is 2.17. The molecule has 6 heteroatoms. The van der Waals surface area contributed by atoms with Gasteiger partial charge in [-0.05, 0) is 12.2 Å². The van der Waals surface area contributed by atoms with E-state index in [0.29, 0.717) is 23.8 Å². The summed E-state index contributed by atoms with van der Waals surface area (Å²) in [4.78, 5) is 25.8. The van der Waals surface area contributed by atoms with E-state index in [1.807, 2.05) is 32.7 Å². The SMILES string of the molecule is CC(=O)N1N=C(C(C)(C)C)/C(=C\C=C2\OCCN2C)C1=O. The van der Waals surface area contributed by atoms with Crippen LogP contribution >= 0.6 is 0 Å². The number of amides is 2. The third kappa shape index (κ3) is 2.99. The lowest BCUT2D eigenvalue weighted by Crippen LogP contribution is -2.27. The Balaban J connectivity index is 2.38. The molecule has 0 saturated carbocycles. The molecule has 2 rings (SSSR count). The molecule has 2 amide bonds. The summed E-state index contributed by atoms with van der Waals surface area (Å²) in [6.45, 7) is 8.67. The molecule has 0 atom stereocenters. The van der Waals surface area contributed by atoms with Gasteiger partial charge in [-0.2, -0.15) is 10.1 Å². The van der Waals surface area contributed by atoms with Gasteiger partial charge >= 0.3 is 0 Å². The highest BCUT2D eigenvalue weighted by molar-refractivity contribution is 6.29. The molecular weight excluding hydrogens is 270 g/mol. The van der Waals surface area contributed by atoms with E-state index in [2.05, 4.69) is 5.10 Å². The third-order valence-electron chi connectivity index (χ3n) is 3.33. The maximum Gasteiger partial charge on any atom is 0.283 e. The van der Waals surface area contributed by atoms with Gasteiger partial charge in [0.25, 0.3) is 5.91 Å². The Labute approximate surface area is 124 Å². The largest absolute Gasteiger partial charge is 0.477 e. The van der Waals surface area contributed by atoms with Gasteiger partial charge in [0.2, 0.25) is 5.91 Å². The fourth-order valence-electron chi connectivity index (χ4n) is 2.17. The van der Waals surface area contributed by atoms with E-state index < -0.39 is 0 Å². The molecule has 0 aromatic rings. The molecule has 0 spiro atoms. The number of carbonyl (C=O) groups is 2. The molecule has 114 valence electrons. The zero-order valence-corrected chi connectivity index (χ0v) is 13.1. The minimum absolute atomic E-state index is 0.327. The molecule has 6 nitrogen and oxygen atoms in total. The number of imide groups is 1. The van der Waals surface area contributed by atoms with Crippen LogP contribution in [0.4, 0.5) is 0 Å². The highest BCUT2D eigenvalue weighted by atomic mass is 16.5. The quantitative estimate of drug-likeness (QED) is 0.687. The van der Waals surface area contributed by atoms with Crippen molar-refractivity contribution < 1.29 is 14.3 Å². The second kappa shape index (κ2) is 5.35. The first kappa shape index (κ1) is 15.3. The summed E-state index contributed by atoms with van der Waals surface area (Å²) in [7, 11) is 1.93. The molecule has 2 aliphatic heterocycles. The van der Waals surface area contributed by atoms with Gasteiger partial charge in [0, 0.05) is 19.4 Å². The van der Waals surface area contributed by atoms with Gasteiger partial charge in [-0.15, -0.1) is 0 Å². The highest BCUT2D eigenvalue weighted by Gasteiger charge is 2.37. The van der Waals surface area contributed by atoms with Gasteiger partial charge < -0.3 is 9.64 Å². The second-order valence-electron chi connectivity index (χ2n) is 6.19. The number of carbonyl (C=O) groups excluding carboxylic acids is 2. The molecule has 1 fully saturated rings. The number of nitrogens with zero attached hydrogens (tertiary/aromatic N) is 3. The molecule has 0 aromatic carbocycles. The molecule has 2 aliphatic rings. The summed E-state index contributed by atoms with van der Waals surface area (Å²) in [6, 6.07) is 0. The minimum Gasteiger partial charge on any atom is -0.477 e. The zero-order chi connectivity index (χ0) is 15.8. The predicted molar refractivity (Wildman–Crippen MR) is 79.2 cm³/mol. The van der Waals surface area contributed by atoms with E-state index in [1.165, 1.54) is 6.92 Å². The summed E-state index contributed by atoms with van der Waals surface area (Å²) in [5.74, 6) is -0.0539. The Morgan fingerprint density at radius 2 is 2.00 bits per heavy atom. The van der Waals surface area contributed by atoms with Crippen LogP contribution in [-0.2, 0) is 14.3 Å². The number of hydrogen-bond acceptors (Lipinski definition) is 5. The lowest BCUT2D eigenvalue weighted by atomic mass is 9.85. The van der Waals surface area contributed by atoms with Gasteiger partial charge in [0.15, 0.2) is 5.88 Å². The van der Waals surface area contributed by atoms with Crippen LogP contribution in [0, 0.1) is 5.41 Å². The Morgan fingerprint density at radius 1 is 1.33 bits per heavy atom. The van der Waals surface area contributed by atoms with Crippen molar-refractivity contribution in [1.82, 2.24) is 9.91 Å². The Kier molecular flexibility index (Phi) is 3.89. The van der Waals surface area contributed by atoms with E-state index in [0.717, 1.165) is 11.6 Å². The lowest BCUT2D eigenvalue weighted by Gasteiger charge is -2.17. The number of rotatable bonds is 1. The summed E-state index contributed by atoms with van der Waals surface area (Å²) in [5, 5.41) is 5.11. The van der Waals surface area contributed by atoms with E-state index >= 15 is 0 Å². The molecule has 0 unspecified atom stereocenters. The van der Waals surface area contributed by atoms with Crippen molar-refractivity contribution in [2.24, 2.45) is 10.5 Å². The second-order valence-corrected chi connectivity index (χ2v) is 6.19. The van der Waals surface area contributed by atoms with Gasteiger partial charge in [-0.3, -0.25) is 9.59 Å². The highest BCUT2D eigenvalue weighted by Crippen LogP contribution is 2.28. The predicted octanol–water partition coefficient (Wildman–Crippen LogP) is 1.51. The Morgan fingerprint density at radius 3 is 2.48 bits per heavy atom. The van der Waals surface area contributed by atoms with Crippen LogP contribution in [0.2, 0.25) is 0 Å². The molecule has 0 aromatic heterocycles. The van der Waals surface area contributed by atoms with Gasteiger partial charge in [-0.25, -0.2) is 0 Å². The van der Waals surface area contributed by atoms with E-state index in [9.17, 15) is 9.59 Å². The first-order chi connectivity index (χ1) is 9.71. The molecule has 21 heavy (non-hydrogen) atoms. The first-order valence-electron chi connectivity index (χ1n) is 6.92. The van der Waals surface area contributed by atoms with Crippen LogP contribution < -0.4 is 0 Å². The monoisotopic (exact) mass is 291 g/mol. The van der Waals surface area contributed by atoms with Crippen molar-refractivity contribution >= 4 is 17.5 Å². The van der Waals surface area contributed by atoms with Crippen molar-refractivity contribution in [3.63, 3.8) is 0 Å². The summed E-state index contributed by atoms with van der Waals surface area (Å²) >= 11 is 0. The van der Waals surface area contributed by atoms with E-state index in [-0.39, 0.29) is 17.2 Å². The van der Waals surface area contributed by atoms with Crippen molar-refractivity contribution in [3.8, 4) is 0 Å². The van der Waals surface area contributed by atoms with Crippen LogP contribution in [0.3, 0.4) is 0 Å². The van der Waals surface area contributed by atoms with Crippen LogP contribution in [0.5, 0.6) is 0 Å². The van der Waals surface area contributed by atoms with Crippen LogP contribution in [0.25, 0.3) is 0 Å². The van der Waals surface area contributed by atoms with Crippen LogP contribution in [0.15, 0.2) is 28.7 Å². The Hall–Kier alpha value is -2.11. The fraction of sp³-hybridized carbons (Fsp3) is 0.533. The number of ether oxygens (including phenoxy) is 1.